The molecule has 1 amide bonds. The van der Waals surface area contributed by atoms with Gasteiger partial charge in [0.2, 0.25) is 5.91 Å². The monoisotopic (exact) mass is 251 g/mol. The van der Waals surface area contributed by atoms with E-state index >= 15 is 0 Å². The SMILES string of the molecule is C=C(C)C(=O)NC(C)CC(C)OP(=O)(O)O. The van der Waals surface area contributed by atoms with E-state index in [1.54, 1.807) is 13.8 Å². The summed E-state index contributed by atoms with van der Waals surface area (Å²) in [6.45, 7) is 8.31. The molecular formula is C9H18NO5P. The number of hydrogen-bond donors (Lipinski definition) is 3. The van der Waals surface area contributed by atoms with Gasteiger partial charge in [0, 0.05) is 11.6 Å². The minimum absolute atomic E-state index is 0.245. The summed E-state index contributed by atoms with van der Waals surface area (Å²) >= 11 is 0. The van der Waals surface area contributed by atoms with Crippen LogP contribution >= 0.6 is 7.82 Å². The van der Waals surface area contributed by atoms with Crippen molar-refractivity contribution in [1.29, 1.82) is 0 Å². The molecule has 3 N–H and O–H groups in total. The lowest BCUT2D eigenvalue weighted by atomic mass is 10.1. The molecule has 16 heavy (non-hydrogen) atoms. The van der Waals surface area contributed by atoms with Crippen molar-refractivity contribution in [3.63, 3.8) is 0 Å². The summed E-state index contributed by atoms with van der Waals surface area (Å²) in [5, 5.41) is 2.62. The molecule has 0 rings (SSSR count). The molecule has 0 aromatic rings. The average Bonchev–Trinajstić information content (AvgIpc) is 1.98. The van der Waals surface area contributed by atoms with Crippen molar-refractivity contribution in [1.82, 2.24) is 5.32 Å². The molecule has 0 aromatic carbocycles. The molecule has 0 aliphatic carbocycles. The smallest absolute Gasteiger partial charge is 0.350 e. The lowest BCUT2D eigenvalue weighted by Gasteiger charge is -2.19. The number of amides is 1. The molecule has 6 nitrogen and oxygen atoms in total. The first kappa shape index (κ1) is 15.3. The average molecular weight is 251 g/mol. The second kappa shape index (κ2) is 6.15. The van der Waals surface area contributed by atoms with Crippen molar-refractivity contribution in [2.24, 2.45) is 0 Å². The zero-order valence-electron chi connectivity index (χ0n) is 9.64. The first-order valence-corrected chi connectivity index (χ1v) is 6.35. The van der Waals surface area contributed by atoms with Gasteiger partial charge in [0.05, 0.1) is 6.10 Å². The molecular weight excluding hydrogens is 233 g/mol. The highest BCUT2D eigenvalue weighted by atomic mass is 31.2. The molecule has 0 aromatic heterocycles. The predicted molar refractivity (Wildman–Crippen MR) is 59.6 cm³/mol. The van der Waals surface area contributed by atoms with Crippen molar-refractivity contribution in [3.05, 3.63) is 12.2 Å². The Hall–Kier alpha value is -0.680. The van der Waals surface area contributed by atoms with E-state index in [2.05, 4.69) is 16.4 Å². The molecule has 0 aliphatic heterocycles. The van der Waals surface area contributed by atoms with E-state index in [1.807, 2.05) is 0 Å². The highest BCUT2D eigenvalue weighted by Gasteiger charge is 2.21. The van der Waals surface area contributed by atoms with Crippen LogP contribution in [-0.4, -0.2) is 27.8 Å². The van der Waals surface area contributed by atoms with Crippen LogP contribution in [-0.2, 0) is 13.9 Å². The fraction of sp³-hybridized carbons (Fsp3) is 0.667. The number of nitrogens with one attached hydrogen (secondary N) is 1. The Morgan fingerprint density at radius 3 is 2.38 bits per heavy atom. The van der Waals surface area contributed by atoms with Gasteiger partial charge in [-0.1, -0.05) is 6.58 Å². The number of hydrogen-bond acceptors (Lipinski definition) is 3. The maximum absolute atomic E-state index is 11.2. The number of carbonyl (C=O) groups excluding carboxylic acids is 1. The number of rotatable bonds is 6. The second-order valence-electron chi connectivity index (χ2n) is 3.80. The van der Waals surface area contributed by atoms with Gasteiger partial charge in [-0.3, -0.25) is 9.32 Å². The van der Waals surface area contributed by atoms with Crippen molar-refractivity contribution >= 4 is 13.7 Å². The molecule has 0 saturated carbocycles. The predicted octanol–water partition coefficient (Wildman–Crippen LogP) is 0.955. The summed E-state index contributed by atoms with van der Waals surface area (Å²) in [5.74, 6) is -0.282. The van der Waals surface area contributed by atoms with Crippen molar-refractivity contribution < 1.29 is 23.7 Å². The molecule has 94 valence electrons. The summed E-state index contributed by atoms with van der Waals surface area (Å²) in [7, 11) is -4.46. The third-order valence-corrected chi connectivity index (χ3v) is 2.40. The van der Waals surface area contributed by atoms with Crippen LogP contribution in [0.4, 0.5) is 0 Å². The molecule has 0 saturated heterocycles. The largest absolute Gasteiger partial charge is 0.469 e. The Balaban J connectivity index is 4.05. The standard InChI is InChI=1S/C9H18NO5P/c1-6(2)9(11)10-7(3)5-8(4)15-16(12,13)14/h7-8H,1,5H2,2-4H3,(H,10,11)(H2,12,13,14). The number of phosphoric acid groups is 1. The molecule has 0 radical (unpaired) electrons. The molecule has 0 spiro atoms. The lowest BCUT2D eigenvalue weighted by molar-refractivity contribution is -0.118. The van der Waals surface area contributed by atoms with E-state index in [1.165, 1.54) is 6.92 Å². The van der Waals surface area contributed by atoms with Crippen LogP contribution in [0.25, 0.3) is 0 Å². The Bertz CT molecular complexity index is 311. The van der Waals surface area contributed by atoms with Crippen molar-refractivity contribution in [3.8, 4) is 0 Å². The number of carbonyl (C=O) groups is 1. The van der Waals surface area contributed by atoms with Gasteiger partial charge in [0.1, 0.15) is 0 Å². The van der Waals surface area contributed by atoms with Crippen LogP contribution in [0, 0.1) is 0 Å². The lowest BCUT2D eigenvalue weighted by Crippen LogP contribution is -2.35. The van der Waals surface area contributed by atoms with E-state index in [0.29, 0.717) is 12.0 Å². The Morgan fingerprint density at radius 2 is 2.00 bits per heavy atom. The van der Waals surface area contributed by atoms with Crippen molar-refractivity contribution in [2.75, 3.05) is 0 Å². The molecule has 2 unspecified atom stereocenters. The quantitative estimate of drug-likeness (QED) is 0.482. The summed E-state index contributed by atoms with van der Waals surface area (Å²) in [4.78, 5) is 28.3. The van der Waals surface area contributed by atoms with Gasteiger partial charge >= 0.3 is 7.82 Å². The van der Waals surface area contributed by atoms with Crippen LogP contribution < -0.4 is 5.32 Å². The van der Waals surface area contributed by atoms with Crippen LogP contribution in [0.5, 0.6) is 0 Å². The van der Waals surface area contributed by atoms with Gasteiger partial charge in [-0.05, 0) is 27.2 Å². The van der Waals surface area contributed by atoms with E-state index in [-0.39, 0.29) is 11.9 Å². The minimum Gasteiger partial charge on any atom is -0.350 e. The summed E-state index contributed by atoms with van der Waals surface area (Å²) in [5.41, 5.74) is 0.385. The first-order valence-electron chi connectivity index (χ1n) is 4.82. The normalized spacial score (nSPS) is 15.3. The highest BCUT2D eigenvalue weighted by Crippen LogP contribution is 2.38. The topological polar surface area (TPSA) is 95.9 Å². The Kier molecular flexibility index (Phi) is 5.89. The van der Waals surface area contributed by atoms with Gasteiger partial charge < -0.3 is 15.1 Å². The molecule has 0 fully saturated rings. The second-order valence-corrected chi connectivity index (χ2v) is 4.99. The van der Waals surface area contributed by atoms with Crippen LogP contribution in [0.15, 0.2) is 12.2 Å². The molecule has 2 atom stereocenters. The molecule has 7 heteroatoms. The summed E-state index contributed by atoms with van der Waals surface area (Å²) in [6, 6.07) is -0.245. The third kappa shape index (κ3) is 7.59. The summed E-state index contributed by atoms with van der Waals surface area (Å²) in [6.07, 6.45) is -0.328. The maximum Gasteiger partial charge on any atom is 0.469 e. The van der Waals surface area contributed by atoms with E-state index in [4.69, 9.17) is 9.79 Å². The minimum atomic E-state index is -4.46. The summed E-state index contributed by atoms with van der Waals surface area (Å²) < 4.78 is 15.0. The van der Waals surface area contributed by atoms with Crippen molar-refractivity contribution in [2.45, 2.75) is 39.3 Å². The fourth-order valence-corrected chi connectivity index (χ4v) is 1.74. The zero-order valence-corrected chi connectivity index (χ0v) is 10.5. The van der Waals surface area contributed by atoms with E-state index in [9.17, 15) is 9.36 Å². The molecule has 0 aliphatic rings. The molecule has 0 heterocycles. The maximum atomic E-state index is 11.2. The first-order chi connectivity index (χ1) is 7.11. The van der Waals surface area contributed by atoms with Gasteiger partial charge in [-0.15, -0.1) is 0 Å². The highest BCUT2D eigenvalue weighted by molar-refractivity contribution is 7.46. The molecule has 0 bridgehead atoms. The Labute approximate surface area is 94.9 Å². The van der Waals surface area contributed by atoms with Gasteiger partial charge in [-0.2, -0.15) is 0 Å². The zero-order chi connectivity index (χ0) is 12.9. The van der Waals surface area contributed by atoms with Gasteiger partial charge in [0.25, 0.3) is 0 Å². The van der Waals surface area contributed by atoms with Gasteiger partial charge in [-0.25, -0.2) is 4.57 Å². The van der Waals surface area contributed by atoms with Crippen LogP contribution in [0.3, 0.4) is 0 Å². The van der Waals surface area contributed by atoms with Gasteiger partial charge in [0.15, 0.2) is 0 Å². The third-order valence-electron chi connectivity index (χ3n) is 1.77. The Morgan fingerprint density at radius 1 is 1.50 bits per heavy atom. The van der Waals surface area contributed by atoms with E-state index < -0.39 is 13.9 Å². The van der Waals surface area contributed by atoms with Crippen LogP contribution in [0.1, 0.15) is 27.2 Å². The van der Waals surface area contributed by atoms with Crippen LogP contribution in [0.2, 0.25) is 0 Å². The van der Waals surface area contributed by atoms with E-state index in [0.717, 1.165) is 0 Å². The number of phosphoric ester groups is 1. The fourth-order valence-electron chi connectivity index (χ4n) is 1.18.